The molecule has 3 aromatic heterocycles. The van der Waals surface area contributed by atoms with Crippen molar-refractivity contribution in [2.24, 2.45) is 0 Å². The molecule has 202 valence electrons. The minimum Gasteiger partial charge on any atom is -0.424 e. The average Bonchev–Trinajstić information content (AvgIpc) is 3.30. The second kappa shape index (κ2) is 10.7. The van der Waals surface area contributed by atoms with Crippen molar-refractivity contribution in [3.63, 3.8) is 0 Å². The number of benzene rings is 2. The molecule has 0 fully saturated rings. The molecule has 3 heterocycles. The quantitative estimate of drug-likeness (QED) is 0.162. The van der Waals surface area contributed by atoms with Gasteiger partial charge in [-0.05, 0) is 68.6 Å². The molecular formula is C30H28N5O3PS. The van der Waals surface area contributed by atoms with Crippen LogP contribution < -0.4 is 21.1 Å². The number of fused-ring (bicyclic) bond motifs is 1. The van der Waals surface area contributed by atoms with E-state index >= 15 is 0 Å². The molecule has 0 bridgehead atoms. The standard InChI is InChI=1S/C30H28N5O3PS/c1-17(2)29(36)35-21-10-6-20(7-11-21)26-24(25-27(40-26)23(39(4,5)37)16-33-28(25)31)19-8-12-22(13-9-19)38-30-32-15-14-18(3)34-30/h6-16H,1H2,2-5H3,(H2,31,33)(H,35,36). The minimum absolute atomic E-state index is 0.237. The number of hydrogen-bond acceptors (Lipinski definition) is 8. The van der Waals surface area contributed by atoms with Gasteiger partial charge < -0.3 is 20.4 Å². The van der Waals surface area contributed by atoms with Crippen LogP contribution in [0.2, 0.25) is 0 Å². The average molecular weight is 570 g/mol. The van der Waals surface area contributed by atoms with E-state index in [9.17, 15) is 9.36 Å². The Hall–Kier alpha value is -4.33. The number of aromatic nitrogens is 3. The van der Waals surface area contributed by atoms with Crippen molar-refractivity contribution in [3.8, 4) is 33.3 Å². The van der Waals surface area contributed by atoms with Crippen LogP contribution in [0.1, 0.15) is 12.6 Å². The van der Waals surface area contributed by atoms with Crippen LogP contribution in [0.25, 0.3) is 31.7 Å². The van der Waals surface area contributed by atoms with Crippen molar-refractivity contribution in [2.75, 3.05) is 24.4 Å². The van der Waals surface area contributed by atoms with Crippen LogP contribution in [-0.4, -0.2) is 34.2 Å². The Morgan fingerprint density at radius 1 is 1.02 bits per heavy atom. The molecule has 0 spiro atoms. The van der Waals surface area contributed by atoms with Crippen LogP contribution in [0.3, 0.4) is 0 Å². The SMILES string of the molecule is C=C(C)C(=O)Nc1ccc(-c2sc3c(P(C)(C)=O)cnc(N)c3c2-c2ccc(Oc3nccc(C)n3)cc2)cc1. The molecule has 3 N–H and O–H groups in total. The van der Waals surface area contributed by atoms with Gasteiger partial charge in [0.2, 0.25) is 0 Å². The number of carbonyl (C=O) groups is 1. The molecule has 0 radical (unpaired) electrons. The highest BCUT2D eigenvalue weighted by Gasteiger charge is 2.25. The van der Waals surface area contributed by atoms with Gasteiger partial charge in [0.25, 0.3) is 5.91 Å². The molecule has 5 rings (SSSR count). The van der Waals surface area contributed by atoms with E-state index in [1.807, 2.05) is 55.5 Å². The molecule has 10 heteroatoms. The first-order valence-corrected chi connectivity index (χ1v) is 15.8. The summed E-state index contributed by atoms with van der Waals surface area (Å²) in [6, 6.07) is 17.2. The van der Waals surface area contributed by atoms with E-state index in [0.717, 1.165) is 37.3 Å². The van der Waals surface area contributed by atoms with Gasteiger partial charge in [0.1, 0.15) is 18.7 Å². The van der Waals surface area contributed by atoms with Crippen molar-refractivity contribution in [3.05, 3.63) is 84.8 Å². The Morgan fingerprint density at radius 3 is 2.33 bits per heavy atom. The first-order valence-electron chi connectivity index (χ1n) is 12.4. The van der Waals surface area contributed by atoms with Gasteiger partial charge in [0.05, 0.1) is 4.70 Å². The minimum atomic E-state index is -2.65. The molecule has 5 aromatic rings. The topological polar surface area (TPSA) is 120 Å². The number of carbonyl (C=O) groups excluding carboxylic acids is 1. The normalized spacial score (nSPS) is 11.4. The first kappa shape index (κ1) is 27.2. The van der Waals surface area contributed by atoms with Gasteiger partial charge in [0, 0.05) is 50.5 Å². The number of hydrogen-bond donors (Lipinski definition) is 2. The highest BCUT2D eigenvalue weighted by molar-refractivity contribution is 7.71. The Labute approximate surface area is 236 Å². The molecule has 8 nitrogen and oxygen atoms in total. The predicted octanol–water partition coefficient (Wildman–Crippen LogP) is 6.87. The Morgan fingerprint density at radius 2 is 1.70 bits per heavy atom. The Bertz CT molecular complexity index is 1810. The molecule has 0 aliphatic heterocycles. The van der Waals surface area contributed by atoms with Crippen LogP contribution in [0.4, 0.5) is 11.5 Å². The molecule has 0 aliphatic rings. The monoisotopic (exact) mass is 569 g/mol. The number of anilines is 2. The number of nitrogen functional groups attached to an aromatic ring is 1. The van der Waals surface area contributed by atoms with Gasteiger partial charge in [-0.1, -0.05) is 30.8 Å². The van der Waals surface area contributed by atoms with Crippen LogP contribution >= 0.6 is 18.5 Å². The number of rotatable bonds is 7. The smallest absolute Gasteiger partial charge is 0.322 e. The maximum atomic E-state index is 13.2. The zero-order chi connectivity index (χ0) is 28.6. The first-order chi connectivity index (χ1) is 19.0. The third kappa shape index (κ3) is 5.52. The highest BCUT2D eigenvalue weighted by Crippen LogP contribution is 2.49. The van der Waals surface area contributed by atoms with Gasteiger partial charge in [-0.2, -0.15) is 0 Å². The maximum Gasteiger partial charge on any atom is 0.322 e. The molecule has 0 aliphatic carbocycles. The van der Waals surface area contributed by atoms with E-state index in [4.69, 9.17) is 10.5 Å². The third-order valence-corrected chi connectivity index (χ3v) is 9.14. The molecule has 0 saturated carbocycles. The maximum absolute atomic E-state index is 13.2. The van der Waals surface area contributed by atoms with Gasteiger partial charge in [-0.25, -0.2) is 15.0 Å². The fourth-order valence-corrected chi connectivity index (χ4v) is 7.16. The fourth-order valence-electron chi connectivity index (χ4n) is 4.18. The Kier molecular flexibility index (Phi) is 7.27. The number of nitrogens with zero attached hydrogens (tertiary/aromatic N) is 3. The largest absolute Gasteiger partial charge is 0.424 e. The number of thiophene rings is 1. The number of amides is 1. The van der Waals surface area contributed by atoms with Crippen LogP contribution in [0, 0.1) is 6.92 Å². The van der Waals surface area contributed by atoms with Gasteiger partial charge in [-0.15, -0.1) is 11.3 Å². The van der Waals surface area contributed by atoms with E-state index < -0.39 is 7.14 Å². The molecule has 0 unspecified atom stereocenters. The summed E-state index contributed by atoms with van der Waals surface area (Å²) in [7, 11) is -2.65. The zero-order valence-corrected chi connectivity index (χ0v) is 24.3. The van der Waals surface area contributed by atoms with E-state index in [-0.39, 0.29) is 11.9 Å². The van der Waals surface area contributed by atoms with Crippen LogP contribution in [0.5, 0.6) is 11.8 Å². The zero-order valence-electron chi connectivity index (χ0n) is 22.6. The van der Waals surface area contributed by atoms with E-state index in [2.05, 4.69) is 26.8 Å². The summed E-state index contributed by atoms with van der Waals surface area (Å²) in [6.07, 6.45) is 3.27. The molecule has 0 saturated heterocycles. The lowest BCUT2D eigenvalue weighted by Gasteiger charge is -2.11. The lowest BCUT2D eigenvalue weighted by Crippen LogP contribution is -2.11. The van der Waals surface area contributed by atoms with Crippen LogP contribution in [-0.2, 0) is 9.36 Å². The second-order valence-electron chi connectivity index (χ2n) is 9.81. The van der Waals surface area contributed by atoms with Crippen LogP contribution in [0.15, 0.2) is 79.1 Å². The lowest BCUT2D eigenvalue weighted by molar-refractivity contribution is -0.112. The molecular weight excluding hydrogens is 541 g/mol. The van der Waals surface area contributed by atoms with E-state index in [1.54, 1.807) is 38.7 Å². The summed E-state index contributed by atoms with van der Waals surface area (Å²) in [5, 5.41) is 4.29. The number of pyridine rings is 1. The van der Waals surface area contributed by atoms with Gasteiger partial charge >= 0.3 is 6.01 Å². The summed E-state index contributed by atoms with van der Waals surface area (Å²) in [5.74, 6) is 0.716. The summed E-state index contributed by atoms with van der Waals surface area (Å²) in [5.41, 5.74) is 11.1. The lowest BCUT2D eigenvalue weighted by atomic mass is 9.99. The van der Waals surface area contributed by atoms with Crippen molar-refractivity contribution < 1.29 is 14.1 Å². The predicted molar refractivity (Wildman–Crippen MR) is 164 cm³/mol. The van der Waals surface area contributed by atoms with Crippen molar-refractivity contribution in [1.29, 1.82) is 0 Å². The molecule has 0 atom stereocenters. The summed E-state index contributed by atoms with van der Waals surface area (Å²) in [6.45, 7) is 10.7. The molecule has 40 heavy (non-hydrogen) atoms. The second-order valence-corrected chi connectivity index (χ2v) is 14.0. The number of ether oxygens (including phenoxy) is 1. The molecule has 1 amide bonds. The van der Waals surface area contributed by atoms with E-state index in [1.165, 1.54) is 11.3 Å². The van der Waals surface area contributed by atoms with E-state index in [0.29, 0.717) is 28.1 Å². The summed E-state index contributed by atoms with van der Waals surface area (Å²) >= 11 is 1.53. The number of nitrogens with two attached hydrogens (primary N) is 1. The summed E-state index contributed by atoms with van der Waals surface area (Å²) < 4.78 is 19.9. The molecule has 2 aromatic carbocycles. The Balaban J connectivity index is 1.63. The fraction of sp³-hybridized carbons (Fsp3) is 0.133. The number of aryl methyl sites for hydroxylation is 1. The van der Waals surface area contributed by atoms with Gasteiger partial charge in [0.15, 0.2) is 0 Å². The van der Waals surface area contributed by atoms with Crippen molar-refractivity contribution >= 4 is 51.3 Å². The number of nitrogens with one attached hydrogen (secondary N) is 1. The summed E-state index contributed by atoms with van der Waals surface area (Å²) in [4.78, 5) is 25.9. The van der Waals surface area contributed by atoms with Crippen molar-refractivity contribution in [2.45, 2.75) is 13.8 Å². The third-order valence-electron chi connectivity index (χ3n) is 6.22. The van der Waals surface area contributed by atoms with Crippen molar-refractivity contribution in [1.82, 2.24) is 15.0 Å². The highest BCUT2D eigenvalue weighted by atomic mass is 32.1. The van der Waals surface area contributed by atoms with Gasteiger partial charge in [-0.3, -0.25) is 4.79 Å².